The Kier molecular flexibility index (Phi) is 4.75. The highest BCUT2D eigenvalue weighted by atomic mass is 32.1. The van der Waals surface area contributed by atoms with Gasteiger partial charge >= 0.3 is 0 Å². The molecule has 0 aromatic carbocycles. The van der Waals surface area contributed by atoms with Crippen LogP contribution in [0.3, 0.4) is 0 Å². The summed E-state index contributed by atoms with van der Waals surface area (Å²) in [4.78, 5) is 4.99. The predicted molar refractivity (Wildman–Crippen MR) is 84.7 cm³/mol. The molecule has 1 aliphatic rings. The lowest BCUT2D eigenvalue weighted by atomic mass is 9.89. The molecule has 0 unspecified atom stereocenters. The Morgan fingerprint density at radius 2 is 2.05 bits per heavy atom. The van der Waals surface area contributed by atoms with E-state index in [9.17, 15) is 0 Å². The van der Waals surface area contributed by atoms with E-state index >= 15 is 0 Å². The van der Waals surface area contributed by atoms with Crippen LogP contribution in [0.1, 0.15) is 48.9 Å². The largest absolute Gasteiger partial charge is 0.389 e. The lowest BCUT2D eigenvalue weighted by Crippen LogP contribution is -2.21. The van der Waals surface area contributed by atoms with Gasteiger partial charge in [-0.15, -0.1) is 0 Å². The van der Waals surface area contributed by atoms with Crippen molar-refractivity contribution in [1.82, 2.24) is 4.98 Å². The topological polar surface area (TPSA) is 50.9 Å². The quantitative estimate of drug-likeness (QED) is 0.829. The summed E-state index contributed by atoms with van der Waals surface area (Å²) in [5, 5.41) is 3.47. The highest BCUT2D eigenvalue weighted by Gasteiger charge is 2.16. The van der Waals surface area contributed by atoms with Gasteiger partial charge in [-0.25, -0.2) is 4.98 Å². The summed E-state index contributed by atoms with van der Waals surface area (Å²) in [6.07, 6.45) is 6.74. The normalized spacial score (nSPS) is 16.3. The SMILES string of the molecule is Cc1cc(C)c(C(N)=S)c(NCC2CCCCC2)n1. The number of nitrogens with zero attached hydrogens (tertiary/aromatic N) is 1. The van der Waals surface area contributed by atoms with Crippen molar-refractivity contribution in [2.75, 3.05) is 11.9 Å². The summed E-state index contributed by atoms with van der Waals surface area (Å²) in [6, 6.07) is 2.03. The van der Waals surface area contributed by atoms with E-state index in [-0.39, 0.29) is 0 Å². The summed E-state index contributed by atoms with van der Waals surface area (Å²) in [5.74, 6) is 1.62. The molecule has 0 spiro atoms. The van der Waals surface area contributed by atoms with Crippen LogP contribution >= 0.6 is 12.2 Å². The van der Waals surface area contributed by atoms with Gasteiger partial charge in [-0.2, -0.15) is 0 Å². The van der Waals surface area contributed by atoms with Gasteiger partial charge in [-0.3, -0.25) is 0 Å². The third-order valence-corrected chi connectivity index (χ3v) is 4.08. The van der Waals surface area contributed by atoms with Crippen molar-refractivity contribution in [2.45, 2.75) is 46.0 Å². The molecular weight excluding hydrogens is 254 g/mol. The molecule has 0 radical (unpaired) electrons. The molecule has 0 bridgehead atoms. The number of thiocarbonyl (C=S) groups is 1. The van der Waals surface area contributed by atoms with Crippen LogP contribution in [0.15, 0.2) is 6.07 Å². The number of aromatic nitrogens is 1. The maximum atomic E-state index is 5.83. The van der Waals surface area contributed by atoms with Gasteiger partial charge in [0.1, 0.15) is 10.8 Å². The van der Waals surface area contributed by atoms with Gasteiger partial charge in [0.05, 0.1) is 5.56 Å². The van der Waals surface area contributed by atoms with Crippen molar-refractivity contribution >= 4 is 23.0 Å². The minimum Gasteiger partial charge on any atom is -0.389 e. The first-order valence-corrected chi connectivity index (χ1v) is 7.50. The number of nitrogens with one attached hydrogen (secondary N) is 1. The highest BCUT2D eigenvalue weighted by molar-refractivity contribution is 7.80. The molecule has 1 heterocycles. The second-order valence-corrected chi connectivity index (χ2v) is 5.99. The van der Waals surface area contributed by atoms with Crippen molar-refractivity contribution in [3.05, 3.63) is 22.9 Å². The maximum absolute atomic E-state index is 5.83. The van der Waals surface area contributed by atoms with Gasteiger partial charge in [0, 0.05) is 12.2 Å². The molecule has 0 amide bonds. The fraction of sp³-hybridized carbons (Fsp3) is 0.600. The van der Waals surface area contributed by atoms with Crippen molar-refractivity contribution in [2.24, 2.45) is 11.7 Å². The van der Waals surface area contributed by atoms with E-state index < -0.39 is 0 Å². The first-order valence-electron chi connectivity index (χ1n) is 7.10. The molecular formula is C15H23N3S. The van der Waals surface area contributed by atoms with Crippen LogP contribution in [0.4, 0.5) is 5.82 Å². The molecule has 19 heavy (non-hydrogen) atoms. The number of hydrogen-bond donors (Lipinski definition) is 2. The molecule has 1 aromatic rings. The number of aryl methyl sites for hydroxylation is 2. The van der Waals surface area contributed by atoms with E-state index in [1.165, 1.54) is 32.1 Å². The molecule has 104 valence electrons. The molecule has 0 saturated heterocycles. The standard InChI is InChI=1S/C15H23N3S/c1-10-8-11(2)18-15(13(10)14(16)19)17-9-12-6-4-3-5-7-12/h8,12H,3-7,9H2,1-2H3,(H2,16,19)(H,17,18). The van der Waals surface area contributed by atoms with E-state index in [1.807, 2.05) is 19.9 Å². The molecule has 0 atom stereocenters. The second-order valence-electron chi connectivity index (χ2n) is 5.55. The van der Waals surface area contributed by atoms with E-state index in [4.69, 9.17) is 18.0 Å². The van der Waals surface area contributed by atoms with Crippen molar-refractivity contribution in [1.29, 1.82) is 0 Å². The number of rotatable bonds is 4. The predicted octanol–water partition coefficient (Wildman–Crippen LogP) is 3.32. The Bertz CT molecular complexity index is 465. The molecule has 4 heteroatoms. The summed E-state index contributed by atoms with van der Waals surface area (Å²) in [7, 11) is 0. The van der Waals surface area contributed by atoms with E-state index in [0.29, 0.717) is 4.99 Å². The van der Waals surface area contributed by atoms with Crippen molar-refractivity contribution < 1.29 is 0 Å². The zero-order valence-corrected chi connectivity index (χ0v) is 12.6. The third kappa shape index (κ3) is 3.66. The third-order valence-electron chi connectivity index (χ3n) is 3.87. The first kappa shape index (κ1) is 14.3. The summed E-state index contributed by atoms with van der Waals surface area (Å²) >= 11 is 5.15. The van der Waals surface area contributed by atoms with E-state index in [2.05, 4.69) is 10.3 Å². The summed E-state index contributed by atoms with van der Waals surface area (Å²) < 4.78 is 0. The molecule has 1 aliphatic carbocycles. The Labute approximate surface area is 121 Å². The van der Waals surface area contributed by atoms with Gasteiger partial charge in [0.2, 0.25) is 0 Å². The van der Waals surface area contributed by atoms with Crippen LogP contribution in [0, 0.1) is 19.8 Å². The Balaban J connectivity index is 2.12. The molecule has 2 rings (SSSR count). The summed E-state index contributed by atoms with van der Waals surface area (Å²) in [6.45, 7) is 5.02. The van der Waals surface area contributed by atoms with Crippen LogP contribution in [-0.2, 0) is 0 Å². The zero-order chi connectivity index (χ0) is 13.8. The Morgan fingerprint density at radius 3 is 2.68 bits per heavy atom. The molecule has 1 aromatic heterocycles. The van der Waals surface area contributed by atoms with Crippen molar-refractivity contribution in [3.8, 4) is 0 Å². The van der Waals surface area contributed by atoms with E-state index in [1.54, 1.807) is 0 Å². The van der Waals surface area contributed by atoms with Gasteiger partial charge < -0.3 is 11.1 Å². The summed E-state index contributed by atoms with van der Waals surface area (Å²) in [5.41, 5.74) is 8.83. The van der Waals surface area contributed by atoms with Crippen LogP contribution in [0.25, 0.3) is 0 Å². The van der Waals surface area contributed by atoms with Crippen LogP contribution in [0.2, 0.25) is 0 Å². The van der Waals surface area contributed by atoms with Gasteiger partial charge in [0.15, 0.2) is 0 Å². The van der Waals surface area contributed by atoms with Crippen molar-refractivity contribution in [3.63, 3.8) is 0 Å². The van der Waals surface area contributed by atoms with Crippen LogP contribution in [0.5, 0.6) is 0 Å². The lowest BCUT2D eigenvalue weighted by Gasteiger charge is -2.23. The average Bonchev–Trinajstić information content (AvgIpc) is 2.36. The number of pyridine rings is 1. The Morgan fingerprint density at radius 1 is 1.37 bits per heavy atom. The van der Waals surface area contributed by atoms with E-state index in [0.717, 1.165) is 35.1 Å². The average molecular weight is 277 g/mol. The minimum atomic E-state index is 0.427. The minimum absolute atomic E-state index is 0.427. The monoisotopic (exact) mass is 277 g/mol. The second kappa shape index (κ2) is 6.33. The molecule has 3 nitrogen and oxygen atoms in total. The smallest absolute Gasteiger partial charge is 0.136 e. The Hall–Kier alpha value is -1.16. The highest BCUT2D eigenvalue weighted by Crippen LogP contribution is 2.25. The maximum Gasteiger partial charge on any atom is 0.136 e. The fourth-order valence-corrected chi connectivity index (χ4v) is 3.17. The zero-order valence-electron chi connectivity index (χ0n) is 11.8. The lowest BCUT2D eigenvalue weighted by molar-refractivity contribution is 0.373. The number of hydrogen-bond acceptors (Lipinski definition) is 3. The van der Waals surface area contributed by atoms with Gasteiger partial charge in [-0.1, -0.05) is 31.5 Å². The van der Waals surface area contributed by atoms with Crippen LogP contribution < -0.4 is 11.1 Å². The molecule has 3 N–H and O–H groups in total. The first-order chi connectivity index (χ1) is 9.08. The van der Waals surface area contributed by atoms with Crippen LogP contribution in [-0.4, -0.2) is 16.5 Å². The number of anilines is 1. The van der Waals surface area contributed by atoms with Gasteiger partial charge in [-0.05, 0) is 44.2 Å². The number of nitrogens with two attached hydrogens (primary N) is 1. The molecule has 0 aliphatic heterocycles. The fourth-order valence-electron chi connectivity index (χ4n) is 2.91. The molecule has 1 fully saturated rings. The molecule has 1 saturated carbocycles. The van der Waals surface area contributed by atoms with Gasteiger partial charge in [0.25, 0.3) is 0 Å².